The van der Waals surface area contributed by atoms with Crippen LogP contribution in [0.5, 0.6) is 0 Å². The first kappa shape index (κ1) is 13.9. The van der Waals surface area contributed by atoms with Crippen LogP contribution in [0.4, 0.5) is 0 Å². The van der Waals surface area contributed by atoms with Crippen molar-refractivity contribution in [3.8, 4) is 0 Å². The molecule has 3 aliphatic rings. The number of piperidine rings is 1. The highest BCUT2D eigenvalue weighted by molar-refractivity contribution is 7.99. The van der Waals surface area contributed by atoms with Gasteiger partial charge in [0.1, 0.15) is 0 Å². The molecule has 4 rings (SSSR count). The van der Waals surface area contributed by atoms with Gasteiger partial charge in [0.05, 0.1) is 11.9 Å². The molecule has 4 heterocycles. The third-order valence-electron chi connectivity index (χ3n) is 4.45. The van der Waals surface area contributed by atoms with Crippen LogP contribution in [-0.2, 0) is 0 Å². The lowest BCUT2D eigenvalue weighted by atomic mass is 10.1. The van der Waals surface area contributed by atoms with Crippen LogP contribution in [0.2, 0.25) is 0 Å². The minimum atomic E-state index is 0.425. The summed E-state index contributed by atoms with van der Waals surface area (Å²) in [7, 11) is 0. The minimum Gasteiger partial charge on any atom is -0.353 e. The topological polar surface area (TPSA) is 31.7 Å². The summed E-state index contributed by atoms with van der Waals surface area (Å²) in [5.41, 5.74) is 3.67. The van der Waals surface area contributed by atoms with E-state index in [4.69, 9.17) is 0 Å². The number of pyridine rings is 1. The van der Waals surface area contributed by atoms with Crippen molar-refractivity contribution in [2.24, 2.45) is 5.10 Å². The van der Waals surface area contributed by atoms with Gasteiger partial charge in [-0.25, -0.2) is 0 Å². The summed E-state index contributed by atoms with van der Waals surface area (Å²) in [6.45, 7) is 2.14. The van der Waals surface area contributed by atoms with Crippen LogP contribution in [0, 0.1) is 0 Å². The zero-order valence-electron chi connectivity index (χ0n) is 12.6. The van der Waals surface area contributed by atoms with Crippen LogP contribution < -0.4 is 0 Å². The molecule has 2 saturated heterocycles. The molecule has 2 fully saturated rings. The Bertz CT molecular complexity index is 627. The lowest BCUT2D eigenvalue weighted by Crippen LogP contribution is -2.26. The van der Waals surface area contributed by atoms with E-state index in [1.54, 1.807) is 0 Å². The predicted molar refractivity (Wildman–Crippen MR) is 91.5 cm³/mol. The fourth-order valence-electron chi connectivity index (χ4n) is 3.24. The molecule has 0 aliphatic carbocycles. The van der Waals surface area contributed by atoms with E-state index in [0.717, 1.165) is 24.7 Å². The fraction of sp³-hybridized carbons (Fsp3) is 0.471. The van der Waals surface area contributed by atoms with E-state index in [9.17, 15) is 0 Å². The molecule has 1 aromatic rings. The first-order valence-electron chi connectivity index (χ1n) is 7.97. The Balaban J connectivity index is 1.64. The Kier molecular flexibility index (Phi) is 3.92. The molecule has 114 valence electrons. The highest BCUT2D eigenvalue weighted by Gasteiger charge is 2.35. The van der Waals surface area contributed by atoms with Gasteiger partial charge in [-0.05, 0) is 37.5 Å². The van der Waals surface area contributed by atoms with E-state index in [2.05, 4.69) is 38.0 Å². The van der Waals surface area contributed by atoms with Gasteiger partial charge in [-0.1, -0.05) is 0 Å². The molecule has 0 aromatic carbocycles. The standard InChI is InChI=1S/C17H20N4S/c1-2-7-20(8-3-1)19-11-15-9-16(14-5-4-6-18-10-14)21-13-22-12-17(15)21/h4-6,9-10,17H,1-3,7-8,12-13H2. The average Bonchev–Trinajstić information content (AvgIpc) is 3.17. The Morgan fingerprint density at radius 3 is 3.00 bits per heavy atom. The summed E-state index contributed by atoms with van der Waals surface area (Å²) in [6.07, 6.45) is 9.85. The molecular weight excluding hydrogens is 292 g/mol. The summed E-state index contributed by atoms with van der Waals surface area (Å²) in [5, 5.41) is 6.77. The van der Waals surface area contributed by atoms with Crippen molar-refractivity contribution in [2.45, 2.75) is 25.3 Å². The van der Waals surface area contributed by atoms with Gasteiger partial charge in [0.25, 0.3) is 0 Å². The van der Waals surface area contributed by atoms with Crippen LogP contribution in [0.1, 0.15) is 24.8 Å². The second-order valence-electron chi connectivity index (χ2n) is 5.94. The number of thioether (sulfide) groups is 1. The molecule has 4 nitrogen and oxygen atoms in total. The Labute approximate surface area is 135 Å². The molecule has 3 aliphatic heterocycles. The Morgan fingerprint density at radius 1 is 1.27 bits per heavy atom. The van der Waals surface area contributed by atoms with E-state index < -0.39 is 0 Å². The third-order valence-corrected chi connectivity index (χ3v) is 5.47. The van der Waals surface area contributed by atoms with Crippen molar-refractivity contribution in [1.82, 2.24) is 14.9 Å². The van der Waals surface area contributed by atoms with Gasteiger partial charge in [-0.3, -0.25) is 9.99 Å². The molecule has 1 aromatic heterocycles. The smallest absolute Gasteiger partial charge is 0.0731 e. The number of hydrazone groups is 1. The Morgan fingerprint density at radius 2 is 2.18 bits per heavy atom. The summed E-state index contributed by atoms with van der Waals surface area (Å²) in [5.74, 6) is 5.50. The third kappa shape index (κ3) is 2.67. The first-order chi connectivity index (χ1) is 10.9. The summed E-state index contributed by atoms with van der Waals surface area (Å²) in [4.78, 5) is 6.71. The number of hydrogen-bond donors (Lipinski definition) is 0. The molecule has 0 spiro atoms. The van der Waals surface area contributed by atoms with E-state index in [0.29, 0.717) is 6.04 Å². The number of nitrogens with zero attached hydrogens (tertiary/aromatic N) is 4. The maximum absolute atomic E-state index is 4.60. The minimum absolute atomic E-state index is 0.425. The van der Waals surface area contributed by atoms with Crippen LogP contribution in [0.3, 0.4) is 0 Å². The predicted octanol–water partition coefficient (Wildman–Crippen LogP) is 2.81. The van der Waals surface area contributed by atoms with Crippen molar-refractivity contribution in [3.63, 3.8) is 0 Å². The summed E-state index contributed by atoms with van der Waals surface area (Å²) >= 11 is 1.98. The van der Waals surface area contributed by atoms with E-state index in [-0.39, 0.29) is 0 Å². The lowest BCUT2D eigenvalue weighted by molar-refractivity contribution is 0.241. The van der Waals surface area contributed by atoms with Gasteiger partial charge >= 0.3 is 0 Å². The molecule has 0 saturated carbocycles. The SMILES string of the molecule is C(=NN1CCCCC1)=C1C=C(c2cccnc2)N2CSCC12. The van der Waals surface area contributed by atoms with Gasteiger partial charge in [-0.2, -0.15) is 0 Å². The van der Waals surface area contributed by atoms with Crippen LogP contribution in [0.25, 0.3) is 5.70 Å². The zero-order valence-corrected chi connectivity index (χ0v) is 13.4. The monoisotopic (exact) mass is 312 g/mol. The Hall–Kier alpha value is -1.71. The number of fused-ring (bicyclic) bond motifs is 1. The quantitative estimate of drug-likeness (QED) is 0.786. The van der Waals surface area contributed by atoms with E-state index in [1.807, 2.05) is 30.2 Å². The van der Waals surface area contributed by atoms with Crippen molar-refractivity contribution >= 4 is 23.3 Å². The molecule has 0 radical (unpaired) electrons. The molecule has 0 bridgehead atoms. The number of hydrogen-bond acceptors (Lipinski definition) is 5. The van der Waals surface area contributed by atoms with Crippen LogP contribution in [0.15, 0.2) is 41.3 Å². The maximum Gasteiger partial charge on any atom is 0.0731 e. The van der Waals surface area contributed by atoms with Crippen molar-refractivity contribution in [2.75, 3.05) is 24.7 Å². The first-order valence-corrected chi connectivity index (χ1v) is 9.12. The van der Waals surface area contributed by atoms with Gasteiger partial charge in [-0.15, -0.1) is 16.9 Å². The van der Waals surface area contributed by atoms with E-state index >= 15 is 0 Å². The summed E-state index contributed by atoms with van der Waals surface area (Å²) < 4.78 is 0. The van der Waals surface area contributed by atoms with Gasteiger partial charge < -0.3 is 4.90 Å². The van der Waals surface area contributed by atoms with E-state index in [1.165, 1.54) is 36.1 Å². The van der Waals surface area contributed by atoms with Gasteiger partial charge in [0.15, 0.2) is 0 Å². The molecule has 0 amide bonds. The summed E-state index contributed by atoms with van der Waals surface area (Å²) in [6, 6.07) is 4.55. The van der Waals surface area contributed by atoms with Crippen LogP contribution >= 0.6 is 11.8 Å². The molecule has 1 atom stereocenters. The second-order valence-corrected chi connectivity index (χ2v) is 6.94. The number of aromatic nitrogens is 1. The van der Waals surface area contributed by atoms with Crippen molar-refractivity contribution in [3.05, 3.63) is 41.7 Å². The number of rotatable bonds is 2. The highest BCUT2D eigenvalue weighted by atomic mass is 32.2. The van der Waals surface area contributed by atoms with Crippen LogP contribution in [-0.4, -0.2) is 51.5 Å². The van der Waals surface area contributed by atoms with Gasteiger partial charge in [0, 0.05) is 53.9 Å². The zero-order chi connectivity index (χ0) is 14.8. The highest BCUT2D eigenvalue weighted by Crippen LogP contribution is 2.39. The molecule has 5 heteroatoms. The second kappa shape index (κ2) is 6.19. The molecule has 0 N–H and O–H groups in total. The maximum atomic E-state index is 4.60. The van der Waals surface area contributed by atoms with Gasteiger partial charge in [0.2, 0.25) is 0 Å². The van der Waals surface area contributed by atoms with Crippen molar-refractivity contribution in [1.29, 1.82) is 0 Å². The molecule has 22 heavy (non-hydrogen) atoms. The largest absolute Gasteiger partial charge is 0.353 e. The molecule has 1 unspecified atom stereocenters. The molecular formula is C17H20N4S. The lowest BCUT2D eigenvalue weighted by Gasteiger charge is -2.22. The van der Waals surface area contributed by atoms with Crippen molar-refractivity contribution < 1.29 is 0 Å². The fourth-order valence-corrected chi connectivity index (χ4v) is 4.44. The average molecular weight is 312 g/mol. The normalized spacial score (nSPS) is 24.1.